The predicted molar refractivity (Wildman–Crippen MR) is 154 cm³/mol. The van der Waals surface area contributed by atoms with Crippen molar-refractivity contribution in [1.29, 1.82) is 10.8 Å². The van der Waals surface area contributed by atoms with E-state index in [-0.39, 0.29) is 28.1 Å². The number of halogens is 1. The number of rotatable bonds is 11. The van der Waals surface area contributed by atoms with Gasteiger partial charge in [0.2, 0.25) is 11.8 Å². The average molecular weight is 578 g/mol. The summed E-state index contributed by atoms with van der Waals surface area (Å²) in [5.74, 6) is 0.846. The highest BCUT2D eigenvalue weighted by Gasteiger charge is 2.18. The zero-order valence-electron chi connectivity index (χ0n) is 22.3. The molecule has 0 radical (unpaired) electrons. The van der Waals surface area contributed by atoms with E-state index in [1.807, 2.05) is 0 Å². The van der Waals surface area contributed by atoms with Gasteiger partial charge in [0.1, 0.15) is 23.1 Å². The smallest absolute Gasteiger partial charge is 0.262 e. The lowest BCUT2D eigenvalue weighted by Crippen LogP contribution is -2.13. The summed E-state index contributed by atoms with van der Waals surface area (Å²) in [5, 5.41) is 15.9. The van der Waals surface area contributed by atoms with Crippen LogP contribution in [0.3, 0.4) is 0 Å². The van der Waals surface area contributed by atoms with Crippen molar-refractivity contribution in [1.82, 2.24) is 0 Å². The highest BCUT2D eigenvalue weighted by molar-refractivity contribution is 7.92. The summed E-state index contributed by atoms with van der Waals surface area (Å²) < 4.78 is 64.3. The van der Waals surface area contributed by atoms with Crippen LogP contribution in [0.2, 0.25) is 0 Å². The van der Waals surface area contributed by atoms with Crippen LogP contribution in [-0.2, 0) is 19.5 Å². The summed E-state index contributed by atoms with van der Waals surface area (Å²) in [7, 11) is -4.07. The van der Waals surface area contributed by atoms with E-state index < -0.39 is 15.8 Å². The van der Waals surface area contributed by atoms with Crippen LogP contribution < -0.4 is 14.2 Å². The Morgan fingerprint density at radius 2 is 1.20 bits per heavy atom. The fourth-order valence-corrected chi connectivity index (χ4v) is 4.69. The first-order valence-corrected chi connectivity index (χ1v) is 14.1. The molecule has 0 atom stereocenters. The molecule has 0 aromatic heterocycles. The number of anilines is 1. The number of hydrogen-bond acceptors (Lipinski definition) is 8. The second-order valence-electron chi connectivity index (χ2n) is 8.49. The second kappa shape index (κ2) is 13.0. The molecular weight excluding hydrogens is 549 g/mol. The van der Waals surface area contributed by atoms with E-state index in [1.54, 1.807) is 68.4 Å². The highest BCUT2D eigenvalue weighted by atomic mass is 32.2. The maximum Gasteiger partial charge on any atom is 0.262 e. The third kappa shape index (κ3) is 7.61. The molecule has 0 heterocycles. The molecule has 0 aliphatic rings. The van der Waals surface area contributed by atoms with E-state index in [2.05, 4.69) is 4.72 Å². The summed E-state index contributed by atoms with van der Waals surface area (Å²) in [4.78, 5) is -0.123. The summed E-state index contributed by atoms with van der Waals surface area (Å²) in [6.45, 7) is 4.33. The maximum atomic E-state index is 13.4. The number of sulfonamides is 1. The molecule has 0 amide bonds. The van der Waals surface area contributed by atoms with Crippen molar-refractivity contribution in [2.45, 2.75) is 18.7 Å². The van der Waals surface area contributed by atoms with Gasteiger partial charge >= 0.3 is 0 Å². The van der Waals surface area contributed by atoms with Crippen molar-refractivity contribution in [3.05, 3.63) is 108 Å². The first-order valence-electron chi connectivity index (χ1n) is 12.6. The zero-order valence-corrected chi connectivity index (χ0v) is 23.1. The monoisotopic (exact) mass is 577 g/mol. The minimum Gasteiger partial charge on any atom is -0.478 e. The predicted octanol–water partition coefficient (Wildman–Crippen LogP) is 6.93. The Labute approximate surface area is 237 Å². The van der Waals surface area contributed by atoms with Crippen molar-refractivity contribution in [2.75, 3.05) is 17.9 Å². The average Bonchev–Trinajstić information content (AvgIpc) is 2.95. The zero-order chi connectivity index (χ0) is 29.4. The van der Waals surface area contributed by atoms with Crippen LogP contribution in [0.25, 0.3) is 0 Å². The Hall–Kier alpha value is -4.90. The fourth-order valence-electron chi connectivity index (χ4n) is 3.62. The molecule has 212 valence electrons. The van der Waals surface area contributed by atoms with E-state index in [1.165, 1.54) is 12.1 Å². The van der Waals surface area contributed by atoms with Gasteiger partial charge in [-0.25, -0.2) is 12.8 Å². The largest absolute Gasteiger partial charge is 0.478 e. The van der Waals surface area contributed by atoms with Crippen LogP contribution in [0.4, 0.5) is 10.1 Å². The van der Waals surface area contributed by atoms with Crippen LogP contribution in [0.15, 0.2) is 95.9 Å². The third-order valence-corrected chi connectivity index (χ3v) is 6.98. The molecule has 0 saturated carbocycles. The van der Waals surface area contributed by atoms with Crippen LogP contribution in [0.1, 0.15) is 25.0 Å². The first-order chi connectivity index (χ1) is 19.7. The van der Waals surface area contributed by atoms with Gasteiger partial charge in [-0.3, -0.25) is 15.5 Å². The molecule has 9 nitrogen and oxygen atoms in total. The summed E-state index contributed by atoms with van der Waals surface area (Å²) >= 11 is 0. The lowest BCUT2D eigenvalue weighted by atomic mass is 10.2. The van der Waals surface area contributed by atoms with Gasteiger partial charge in [-0.2, -0.15) is 0 Å². The van der Waals surface area contributed by atoms with Crippen molar-refractivity contribution in [3.63, 3.8) is 0 Å². The Morgan fingerprint density at radius 1 is 0.707 bits per heavy atom. The molecule has 11 heteroatoms. The van der Waals surface area contributed by atoms with Crippen molar-refractivity contribution < 1.29 is 31.8 Å². The summed E-state index contributed by atoms with van der Waals surface area (Å²) in [6, 6.07) is 22.3. The molecule has 41 heavy (non-hydrogen) atoms. The van der Waals surface area contributed by atoms with E-state index in [4.69, 9.17) is 29.8 Å². The lowest BCUT2D eigenvalue weighted by molar-refractivity contribution is 0.325. The molecule has 0 saturated heterocycles. The Balaban J connectivity index is 1.63. The molecule has 4 rings (SSSR count). The van der Waals surface area contributed by atoms with Gasteiger partial charge in [0, 0.05) is 17.2 Å². The second-order valence-corrected chi connectivity index (χ2v) is 10.2. The van der Waals surface area contributed by atoms with Crippen molar-refractivity contribution >= 4 is 27.5 Å². The Bertz CT molecular complexity index is 1620. The molecular formula is C30H28FN3O6S. The summed E-state index contributed by atoms with van der Waals surface area (Å²) in [6.07, 6.45) is 0. The molecule has 4 aromatic carbocycles. The molecule has 0 fully saturated rings. The molecule has 0 aliphatic carbocycles. The number of benzene rings is 4. The Kier molecular flexibility index (Phi) is 9.20. The van der Waals surface area contributed by atoms with E-state index in [9.17, 15) is 12.8 Å². The minimum absolute atomic E-state index is 0.0182. The van der Waals surface area contributed by atoms with Gasteiger partial charge in [-0.05, 0) is 98.8 Å². The van der Waals surface area contributed by atoms with Gasteiger partial charge < -0.3 is 18.9 Å². The number of ether oxygens (including phenoxy) is 4. The SMILES string of the molecule is CCOC(=N)c1ccc(Oc2ccc(NS(=O)(=O)c3ccc(F)cc3)c(Oc3ccc(C(=N)OCC)cc3)c2)cc1. The third-order valence-electron chi connectivity index (χ3n) is 5.60. The maximum absolute atomic E-state index is 13.4. The molecule has 0 bridgehead atoms. The Morgan fingerprint density at radius 3 is 1.71 bits per heavy atom. The lowest BCUT2D eigenvalue weighted by Gasteiger charge is -2.16. The number of hydrogen-bond donors (Lipinski definition) is 3. The molecule has 0 spiro atoms. The van der Waals surface area contributed by atoms with Crippen LogP contribution >= 0.6 is 0 Å². The van der Waals surface area contributed by atoms with Crippen molar-refractivity contribution in [2.24, 2.45) is 0 Å². The van der Waals surface area contributed by atoms with Gasteiger partial charge in [-0.15, -0.1) is 0 Å². The van der Waals surface area contributed by atoms with Crippen LogP contribution in [0, 0.1) is 16.6 Å². The van der Waals surface area contributed by atoms with Gasteiger partial charge in [0.15, 0.2) is 5.75 Å². The summed E-state index contributed by atoms with van der Waals surface area (Å²) in [5.41, 5.74) is 1.26. The van der Waals surface area contributed by atoms with Gasteiger partial charge in [-0.1, -0.05) is 0 Å². The first kappa shape index (κ1) is 29.1. The minimum atomic E-state index is -4.07. The number of nitrogens with one attached hydrogen (secondary N) is 3. The molecule has 3 N–H and O–H groups in total. The quantitative estimate of drug-likeness (QED) is 0.131. The van der Waals surface area contributed by atoms with Crippen molar-refractivity contribution in [3.8, 4) is 23.0 Å². The van der Waals surface area contributed by atoms with Gasteiger partial charge in [0.05, 0.1) is 23.8 Å². The van der Waals surface area contributed by atoms with E-state index in [0.717, 1.165) is 24.3 Å². The van der Waals surface area contributed by atoms with E-state index in [0.29, 0.717) is 41.6 Å². The van der Waals surface area contributed by atoms with Crippen LogP contribution in [0.5, 0.6) is 23.0 Å². The van der Waals surface area contributed by atoms with E-state index >= 15 is 0 Å². The topological polar surface area (TPSA) is 131 Å². The molecule has 0 aliphatic heterocycles. The molecule has 4 aromatic rings. The fraction of sp³-hybridized carbons (Fsp3) is 0.133. The normalized spacial score (nSPS) is 10.9. The molecule has 0 unspecified atom stereocenters. The standard InChI is InChI=1S/C30H28FN3O6S/c1-3-37-29(32)20-5-11-23(12-6-20)39-25-15-18-27(34-41(35,36)26-16-9-22(31)10-17-26)28(19-25)40-24-13-7-21(8-14-24)30(33)38-4-2/h5-19,32-34H,3-4H2,1-2H3. The van der Waals surface area contributed by atoms with Gasteiger partial charge in [0.25, 0.3) is 10.0 Å². The highest BCUT2D eigenvalue weighted by Crippen LogP contribution is 2.36. The van der Waals surface area contributed by atoms with Crippen LogP contribution in [-0.4, -0.2) is 33.4 Å².